The highest BCUT2D eigenvalue weighted by Crippen LogP contribution is 2.13. The normalized spacial score (nSPS) is 30.9. The molecule has 1 saturated heterocycles. The fourth-order valence-corrected chi connectivity index (χ4v) is 3.42. The second kappa shape index (κ2) is 4.59. The molecule has 0 radical (unpaired) electrons. The molecule has 0 aromatic rings. The lowest BCUT2D eigenvalue weighted by Gasteiger charge is -2.27. The van der Waals surface area contributed by atoms with Crippen molar-refractivity contribution in [3.8, 4) is 0 Å². The Bertz CT molecular complexity index is 277. The molecule has 0 aromatic carbocycles. The number of rotatable bonds is 2. The van der Waals surface area contributed by atoms with E-state index < -0.39 is 10.0 Å². The highest BCUT2D eigenvalue weighted by atomic mass is 32.2. The molecule has 1 N–H and O–H groups in total. The SMILES string of the molecule is CCC(C)N1CC(C)NCCS1(=O)=O. The van der Waals surface area contributed by atoms with Gasteiger partial charge >= 0.3 is 0 Å². The lowest BCUT2D eigenvalue weighted by molar-refractivity contribution is 0.311. The van der Waals surface area contributed by atoms with Crippen LogP contribution >= 0.6 is 0 Å². The number of nitrogens with one attached hydrogen (secondary N) is 1. The average molecular weight is 220 g/mol. The number of hydrogen-bond donors (Lipinski definition) is 1. The zero-order valence-electron chi connectivity index (χ0n) is 9.16. The first-order valence-corrected chi connectivity index (χ1v) is 6.81. The van der Waals surface area contributed by atoms with E-state index in [1.807, 2.05) is 20.8 Å². The Morgan fingerprint density at radius 1 is 1.57 bits per heavy atom. The minimum atomic E-state index is -3.03. The van der Waals surface area contributed by atoms with Crippen molar-refractivity contribution in [2.24, 2.45) is 0 Å². The Labute approximate surface area is 86.7 Å². The van der Waals surface area contributed by atoms with Gasteiger partial charge in [0, 0.05) is 25.2 Å². The van der Waals surface area contributed by atoms with E-state index in [0.717, 1.165) is 6.42 Å². The van der Waals surface area contributed by atoms with Crippen LogP contribution in [-0.4, -0.2) is 43.6 Å². The topological polar surface area (TPSA) is 49.4 Å². The fourth-order valence-electron chi connectivity index (χ4n) is 1.66. The Morgan fingerprint density at radius 3 is 2.79 bits per heavy atom. The van der Waals surface area contributed by atoms with Crippen LogP contribution in [0.2, 0.25) is 0 Å². The maximum atomic E-state index is 11.8. The van der Waals surface area contributed by atoms with Gasteiger partial charge in [-0.2, -0.15) is 4.31 Å². The van der Waals surface area contributed by atoms with Crippen LogP contribution in [0.25, 0.3) is 0 Å². The van der Waals surface area contributed by atoms with Crippen molar-refractivity contribution in [2.75, 3.05) is 18.8 Å². The van der Waals surface area contributed by atoms with Crippen molar-refractivity contribution in [3.05, 3.63) is 0 Å². The van der Waals surface area contributed by atoms with Gasteiger partial charge in [0.05, 0.1) is 5.75 Å². The van der Waals surface area contributed by atoms with Crippen LogP contribution in [0.15, 0.2) is 0 Å². The molecule has 2 atom stereocenters. The van der Waals surface area contributed by atoms with Gasteiger partial charge in [-0.05, 0) is 20.3 Å². The molecule has 1 aliphatic rings. The van der Waals surface area contributed by atoms with Gasteiger partial charge in [-0.3, -0.25) is 0 Å². The maximum absolute atomic E-state index is 11.8. The molecule has 0 spiro atoms. The molecule has 5 heteroatoms. The minimum Gasteiger partial charge on any atom is -0.312 e. The van der Waals surface area contributed by atoms with E-state index in [-0.39, 0.29) is 17.8 Å². The molecule has 0 saturated carbocycles. The van der Waals surface area contributed by atoms with Gasteiger partial charge in [-0.15, -0.1) is 0 Å². The lowest BCUT2D eigenvalue weighted by atomic mass is 10.2. The summed E-state index contributed by atoms with van der Waals surface area (Å²) in [4.78, 5) is 0. The third-order valence-electron chi connectivity index (χ3n) is 2.75. The quantitative estimate of drug-likeness (QED) is 0.733. The highest BCUT2D eigenvalue weighted by Gasteiger charge is 2.29. The Balaban J connectivity index is 2.85. The van der Waals surface area contributed by atoms with Crippen LogP contribution in [0.4, 0.5) is 0 Å². The van der Waals surface area contributed by atoms with E-state index >= 15 is 0 Å². The number of hydrogen-bond acceptors (Lipinski definition) is 3. The molecule has 0 aromatic heterocycles. The fraction of sp³-hybridized carbons (Fsp3) is 1.00. The van der Waals surface area contributed by atoms with Gasteiger partial charge in [-0.25, -0.2) is 8.42 Å². The van der Waals surface area contributed by atoms with Crippen LogP contribution in [0.1, 0.15) is 27.2 Å². The van der Waals surface area contributed by atoms with Gasteiger partial charge in [0.15, 0.2) is 0 Å². The van der Waals surface area contributed by atoms with Gasteiger partial charge in [0.25, 0.3) is 0 Å². The van der Waals surface area contributed by atoms with Crippen LogP contribution in [0.5, 0.6) is 0 Å². The van der Waals surface area contributed by atoms with Crippen molar-refractivity contribution in [3.63, 3.8) is 0 Å². The first-order chi connectivity index (χ1) is 6.47. The van der Waals surface area contributed by atoms with Gasteiger partial charge in [-0.1, -0.05) is 6.92 Å². The molecule has 1 rings (SSSR count). The molecular weight excluding hydrogens is 200 g/mol. The zero-order valence-corrected chi connectivity index (χ0v) is 9.97. The van der Waals surface area contributed by atoms with Crippen LogP contribution in [0, 0.1) is 0 Å². The standard InChI is InChI=1S/C9H20N2O2S/c1-4-9(3)11-7-8(2)10-5-6-14(11,12)13/h8-10H,4-7H2,1-3H3. The summed E-state index contributed by atoms with van der Waals surface area (Å²) in [7, 11) is -3.03. The molecule has 0 bridgehead atoms. The largest absolute Gasteiger partial charge is 0.312 e. The molecule has 14 heavy (non-hydrogen) atoms. The van der Waals surface area contributed by atoms with Gasteiger partial charge in [0.1, 0.15) is 0 Å². The van der Waals surface area contributed by atoms with E-state index in [9.17, 15) is 8.42 Å². The first-order valence-electron chi connectivity index (χ1n) is 5.20. The predicted molar refractivity (Wildman–Crippen MR) is 57.7 cm³/mol. The molecule has 1 fully saturated rings. The monoisotopic (exact) mass is 220 g/mol. The van der Waals surface area contributed by atoms with Crippen LogP contribution < -0.4 is 5.32 Å². The molecule has 0 amide bonds. The summed E-state index contributed by atoms with van der Waals surface area (Å²) in [5, 5.41) is 3.19. The smallest absolute Gasteiger partial charge is 0.215 e. The summed E-state index contributed by atoms with van der Waals surface area (Å²) >= 11 is 0. The molecule has 4 nitrogen and oxygen atoms in total. The summed E-state index contributed by atoms with van der Waals surface area (Å²) in [5.41, 5.74) is 0. The van der Waals surface area contributed by atoms with Crippen molar-refractivity contribution in [1.82, 2.24) is 9.62 Å². The second-order valence-electron chi connectivity index (χ2n) is 4.00. The van der Waals surface area contributed by atoms with E-state index in [2.05, 4.69) is 5.32 Å². The predicted octanol–water partition coefficient (Wildman–Crippen LogP) is 0.408. The number of sulfonamides is 1. The molecule has 1 aliphatic heterocycles. The average Bonchev–Trinajstić information content (AvgIpc) is 2.24. The third kappa shape index (κ3) is 2.68. The summed E-state index contributed by atoms with van der Waals surface area (Å²) in [6.45, 7) is 7.17. The summed E-state index contributed by atoms with van der Waals surface area (Å²) in [6.07, 6.45) is 0.867. The van der Waals surface area contributed by atoms with E-state index in [1.165, 1.54) is 0 Å². The Kier molecular flexibility index (Phi) is 3.92. The van der Waals surface area contributed by atoms with Crippen molar-refractivity contribution >= 4 is 10.0 Å². The van der Waals surface area contributed by atoms with Crippen molar-refractivity contribution in [2.45, 2.75) is 39.3 Å². The first kappa shape index (κ1) is 11.9. The highest BCUT2D eigenvalue weighted by molar-refractivity contribution is 7.89. The van der Waals surface area contributed by atoms with Gasteiger partial charge < -0.3 is 5.32 Å². The van der Waals surface area contributed by atoms with Crippen LogP contribution in [-0.2, 0) is 10.0 Å². The lowest BCUT2D eigenvalue weighted by Crippen LogP contribution is -2.42. The van der Waals surface area contributed by atoms with E-state index in [1.54, 1.807) is 4.31 Å². The molecule has 0 aliphatic carbocycles. The van der Waals surface area contributed by atoms with Gasteiger partial charge in [0.2, 0.25) is 10.0 Å². The Hall–Kier alpha value is -0.130. The Morgan fingerprint density at radius 2 is 2.21 bits per heavy atom. The van der Waals surface area contributed by atoms with Crippen molar-refractivity contribution in [1.29, 1.82) is 0 Å². The summed E-state index contributed by atoms with van der Waals surface area (Å²) < 4.78 is 25.3. The van der Waals surface area contributed by atoms with E-state index in [4.69, 9.17) is 0 Å². The van der Waals surface area contributed by atoms with E-state index in [0.29, 0.717) is 13.1 Å². The summed E-state index contributed by atoms with van der Waals surface area (Å²) in [5.74, 6) is 0.224. The molecule has 2 unspecified atom stereocenters. The zero-order chi connectivity index (χ0) is 10.8. The molecule has 84 valence electrons. The second-order valence-corrected chi connectivity index (χ2v) is 6.04. The maximum Gasteiger partial charge on any atom is 0.215 e. The third-order valence-corrected chi connectivity index (χ3v) is 4.69. The molecular formula is C9H20N2O2S. The minimum absolute atomic E-state index is 0.113. The summed E-state index contributed by atoms with van der Waals surface area (Å²) in [6, 6.07) is 0.364. The van der Waals surface area contributed by atoms with Crippen LogP contribution in [0.3, 0.4) is 0 Å². The number of nitrogens with zero attached hydrogens (tertiary/aromatic N) is 1. The van der Waals surface area contributed by atoms with Crippen molar-refractivity contribution < 1.29 is 8.42 Å². The molecule has 1 heterocycles.